The van der Waals surface area contributed by atoms with Crippen molar-refractivity contribution in [3.8, 4) is 11.5 Å². The van der Waals surface area contributed by atoms with Crippen molar-refractivity contribution in [1.29, 1.82) is 0 Å². The molecule has 0 radical (unpaired) electrons. The highest BCUT2D eigenvalue weighted by Crippen LogP contribution is 2.30. The van der Waals surface area contributed by atoms with Crippen LogP contribution in [0.1, 0.15) is 37.2 Å². The summed E-state index contributed by atoms with van der Waals surface area (Å²) >= 11 is 0. The highest BCUT2D eigenvalue weighted by Gasteiger charge is 2.11. The number of ether oxygens (including phenoxy) is 2. The van der Waals surface area contributed by atoms with Crippen LogP contribution in [0.5, 0.6) is 11.5 Å². The number of aryl methyl sites for hydroxylation is 1. The van der Waals surface area contributed by atoms with E-state index in [9.17, 15) is 4.21 Å². The van der Waals surface area contributed by atoms with Crippen molar-refractivity contribution in [1.82, 2.24) is 0 Å². The molecule has 2 heterocycles. The number of hydrogen-bond donors (Lipinski definition) is 1. The Labute approximate surface area is 198 Å². The van der Waals surface area contributed by atoms with Gasteiger partial charge in [0.15, 0.2) is 11.5 Å². The first-order valence-corrected chi connectivity index (χ1v) is 12.4. The number of nitrogens with two attached hydrogens (primary N) is 1. The predicted molar refractivity (Wildman–Crippen MR) is 134 cm³/mol. The molecule has 0 saturated heterocycles. The molecular formula is C27H31NO4S. The molecule has 3 aromatic carbocycles. The van der Waals surface area contributed by atoms with Crippen LogP contribution in [-0.4, -0.2) is 17.4 Å². The van der Waals surface area contributed by atoms with Crippen molar-refractivity contribution in [3.05, 3.63) is 89.7 Å². The van der Waals surface area contributed by atoms with E-state index in [0.717, 1.165) is 24.2 Å². The Bertz CT molecular complexity index is 1170. The van der Waals surface area contributed by atoms with Gasteiger partial charge in [-0.15, -0.1) is 0 Å². The average Bonchev–Trinajstić information content (AvgIpc) is 3.10. The smallest absolute Gasteiger partial charge is 0.162 e. The molecule has 2 N–H and O–H groups in total. The van der Waals surface area contributed by atoms with Crippen molar-refractivity contribution in [2.75, 3.05) is 13.2 Å². The van der Waals surface area contributed by atoms with E-state index >= 15 is 0 Å². The molecule has 6 heteroatoms. The zero-order chi connectivity index (χ0) is 23.6. The van der Waals surface area contributed by atoms with Gasteiger partial charge in [-0.05, 0) is 42.3 Å². The Morgan fingerprint density at radius 1 is 0.879 bits per heavy atom. The first-order chi connectivity index (χ1) is 16.1. The summed E-state index contributed by atoms with van der Waals surface area (Å²) in [7, 11) is -1.47. The van der Waals surface area contributed by atoms with Crippen LogP contribution in [0.15, 0.2) is 82.1 Å². The number of furan rings is 1. The van der Waals surface area contributed by atoms with Crippen LogP contribution in [-0.2, 0) is 17.4 Å². The minimum absolute atomic E-state index is 0.550. The van der Waals surface area contributed by atoms with Gasteiger partial charge in [-0.25, -0.2) is 9.35 Å². The normalized spacial score (nSPS) is 13.1. The number of benzene rings is 3. The third-order valence-electron chi connectivity index (χ3n) is 5.05. The third kappa shape index (κ3) is 6.70. The molecule has 0 amide bonds. The van der Waals surface area contributed by atoms with Crippen LogP contribution in [0.25, 0.3) is 11.0 Å². The molecule has 1 aliphatic rings. The monoisotopic (exact) mass is 465 g/mol. The van der Waals surface area contributed by atoms with Crippen LogP contribution in [0.3, 0.4) is 0 Å². The molecule has 33 heavy (non-hydrogen) atoms. The van der Waals surface area contributed by atoms with Crippen molar-refractivity contribution >= 4 is 22.0 Å². The second-order valence-corrected chi connectivity index (χ2v) is 8.38. The minimum Gasteiger partial charge on any atom is -0.490 e. The molecule has 1 unspecified atom stereocenters. The zero-order valence-electron chi connectivity index (χ0n) is 19.4. The van der Waals surface area contributed by atoms with E-state index in [1.165, 1.54) is 16.5 Å². The SMILES string of the molecule is CC.Cc1ccccc1Cc1cc2ccccc2o1.NS(=O)c1ccc2c(c1)OCCCO2. The first-order valence-electron chi connectivity index (χ1n) is 11.2. The molecule has 0 saturated carbocycles. The van der Waals surface area contributed by atoms with Gasteiger partial charge in [-0.2, -0.15) is 0 Å². The fourth-order valence-electron chi connectivity index (χ4n) is 3.39. The van der Waals surface area contributed by atoms with Gasteiger partial charge in [0.25, 0.3) is 0 Å². The maximum Gasteiger partial charge on any atom is 0.162 e. The Hall–Kier alpha value is -3.09. The van der Waals surface area contributed by atoms with Crippen LogP contribution in [0.2, 0.25) is 0 Å². The molecule has 174 valence electrons. The van der Waals surface area contributed by atoms with E-state index in [4.69, 9.17) is 19.0 Å². The molecule has 1 atom stereocenters. The van der Waals surface area contributed by atoms with Gasteiger partial charge in [-0.1, -0.05) is 56.3 Å². The molecule has 1 aliphatic heterocycles. The van der Waals surface area contributed by atoms with Crippen molar-refractivity contribution in [3.63, 3.8) is 0 Å². The van der Waals surface area contributed by atoms with Crippen LogP contribution in [0.4, 0.5) is 0 Å². The summed E-state index contributed by atoms with van der Waals surface area (Å²) in [5.41, 5.74) is 3.61. The molecule has 0 fully saturated rings. The van der Waals surface area contributed by atoms with Gasteiger partial charge in [0.1, 0.15) is 22.3 Å². The standard InChI is InChI=1S/C16H14O.C9H11NO3S.C2H6/c1-12-6-2-3-7-13(12)10-15-11-14-8-4-5-9-16(14)17-15;10-14(11)7-2-3-8-9(6-7)13-5-1-4-12-8;1-2/h2-9,11H,10H2,1H3;2-3,6H,1,4-5,10H2;1-2H3. The average molecular weight is 466 g/mol. The van der Waals surface area contributed by atoms with Gasteiger partial charge in [-0.3, -0.25) is 0 Å². The quantitative estimate of drug-likeness (QED) is 0.392. The summed E-state index contributed by atoms with van der Waals surface area (Å²) in [6.07, 6.45) is 1.72. The first kappa shape index (κ1) is 24.6. The van der Waals surface area contributed by atoms with E-state index < -0.39 is 11.0 Å². The summed E-state index contributed by atoms with van der Waals surface area (Å²) < 4.78 is 27.7. The predicted octanol–water partition coefficient (Wildman–Crippen LogP) is 6.19. The van der Waals surface area contributed by atoms with Gasteiger partial charge in [0.05, 0.1) is 18.1 Å². The lowest BCUT2D eigenvalue weighted by Crippen LogP contribution is -2.03. The van der Waals surface area contributed by atoms with Gasteiger partial charge in [0.2, 0.25) is 0 Å². The Kier molecular flexibility index (Phi) is 9.10. The van der Waals surface area contributed by atoms with E-state index in [1.807, 2.05) is 32.0 Å². The van der Waals surface area contributed by atoms with Gasteiger partial charge in [0, 0.05) is 24.3 Å². The van der Waals surface area contributed by atoms with E-state index in [0.29, 0.717) is 29.6 Å². The zero-order valence-corrected chi connectivity index (χ0v) is 20.2. The van der Waals surface area contributed by atoms with E-state index in [-0.39, 0.29) is 0 Å². The summed E-state index contributed by atoms with van der Waals surface area (Å²) in [4.78, 5) is 0.550. The van der Waals surface area contributed by atoms with Gasteiger partial charge < -0.3 is 13.9 Å². The molecule has 1 aromatic heterocycles. The Morgan fingerprint density at radius 2 is 1.58 bits per heavy atom. The highest BCUT2D eigenvalue weighted by molar-refractivity contribution is 7.82. The van der Waals surface area contributed by atoms with Crippen molar-refractivity contribution < 1.29 is 18.1 Å². The van der Waals surface area contributed by atoms with Gasteiger partial charge >= 0.3 is 0 Å². The van der Waals surface area contributed by atoms with E-state index in [1.54, 1.807) is 18.2 Å². The number of para-hydroxylation sites is 1. The third-order valence-corrected chi connectivity index (χ3v) is 5.77. The largest absolute Gasteiger partial charge is 0.490 e. The summed E-state index contributed by atoms with van der Waals surface area (Å²) in [5.74, 6) is 2.34. The molecule has 0 bridgehead atoms. The van der Waals surface area contributed by atoms with Crippen LogP contribution in [0, 0.1) is 6.92 Å². The Morgan fingerprint density at radius 3 is 2.30 bits per heavy atom. The maximum absolute atomic E-state index is 11.0. The maximum atomic E-state index is 11.0. The highest BCUT2D eigenvalue weighted by atomic mass is 32.2. The fourth-order valence-corrected chi connectivity index (χ4v) is 3.81. The fraction of sp³-hybridized carbons (Fsp3) is 0.259. The number of rotatable bonds is 3. The molecule has 4 aromatic rings. The minimum atomic E-state index is -1.47. The van der Waals surface area contributed by atoms with Crippen LogP contribution < -0.4 is 14.6 Å². The molecule has 0 aliphatic carbocycles. The summed E-state index contributed by atoms with van der Waals surface area (Å²) in [5, 5.41) is 6.44. The lowest BCUT2D eigenvalue weighted by molar-refractivity contribution is 0.297. The Balaban J connectivity index is 0.000000176. The van der Waals surface area contributed by atoms with Crippen molar-refractivity contribution in [2.45, 2.75) is 38.5 Å². The van der Waals surface area contributed by atoms with E-state index in [2.05, 4.69) is 43.3 Å². The molecule has 0 spiro atoms. The molecule has 5 rings (SSSR count). The summed E-state index contributed by atoms with van der Waals surface area (Å²) in [6, 6.07) is 23.8. The lowest BCUT2D eigenvalue weighted by atomic mass is 10.0. The summed E-state index contributed by atoms with van der Waals surface area (Å²) in [6.45, 7) is 7.41. The number of hydrogen-bond acceptors (Lipinski definition) is 4. The number of fused-ring (bicyclic) bond motifs is 2. The van der Waals surface area contributed by atoms with Crippen molar-refractivity contribution in [2.24, 2.45) is 5.14 Å². The lowest BCUT2D eigenvalue weighted by Gasteiger charge is -2.07. The molecule has 5 nitrogen and oxygen atoms in total. The molecular weight excluding hydrogens is 434 g/mol. The second kappa shape index (κ2) is 12.2. The topological polar surface area (TPSA) is 74.7 Å². The second-order valence-electron chi connectivity index (χ2n) is 7.31. The van der Waals surface area contributed by atoms with Crippen LogP contribution >= 0.6 is 0 Å².